The van der Waals surface area contributed by atoms with Gasteiger partial charge in [0.25, 0.3) is 11.8 Å². The molecule has 3 aromatic rings. The van der Waals surface area contributed by atoms with Crippen LogP contribution >= 0.6 is 0 Å². The van der Waals surface area contributed by atoms with E-state index in [1.54, 1.807) is 25.3 Å². The Morgan fingerprint density at radius 1 is 0.912 bits per heavy atom. The second-order valence-corrected chi connectivity index (χ2v) is 8.23. The van der Waals surface area contributed by atoms with E-state index in [4.69, 9.17) is 9.47 Å². The quantitative estimate of drug-likeness (QED) is 0.446. The van der Waals surface area contributed by atoms with Gasteiger partial charge in [-0.25, -0.2) is 4.90 Å². The predicted octanol–water partition coefficient (Wildman–Crippen LogP) is 5.61. The largest absolute Gasteiger partial charge is 0.496 e. The summed E-state index contributed by atoms with van der Waals surface area (Å²) in [5.74, 6) is 0.694. The SMILES string of the molecule is CCOc1cccc(NC2=C(c3ccccc3OC)C(=O)N(c3ccc(C(C)C)cc3)C2=O)c1. The lowest BCUT2D eigenvalue weighted by atomic mass is 10.0. The van der Waals surface area contributed by atoms with E-state index >= 15 is 0 Å². The molecule has 1 aliphatic heterocycles. The molecule has 3 aromatic carbocycles. The molecule has 1 heterocycles. The Kier molecular flexibility index (Phi) is 6.68. The summed E-state index contributed by atoms with van der Waals surface area (Å²) in [6.07, 6.45) is 0. The Balaban J connectivity index is 1.80. The highest BCUT2D eigenvalue weighted by Crippen LogP contribution is 2.37. The zero-order chi connectivity index (χ0) is 24.2. The van der Waals surface area contributed by atoms with Gasteiger partial charge in [0.05, 0.1) is 25.0 Å². The molecule has 0 spiro atoms. The number of rotatable bonds is 8. The van der Waals surface area contributed by atoms with Gasteiger partial charge < -0.3 is 14.8 Å². The fourth-order valence-corrected chi connectivity index (χ4v) is 3.96. The van der Waals surface area contributed by atoms with Gasteiger partial charge in [-0.15, -0.1) is 0 Å². The van der Waals surface area contributed by atoms with Gasteiger partial charge in [-0.3, -0.25) is 9.59 Å². The van der Waals surface area contributed by atoms with Crippen molar-refractivity contribution in [2.45, 2.75) is 26.7 Å². The molecule has 0 aliphatic carbocycles. The fraction of sp³-hybridized carbons (Fsp3) is 0.214. The number of anilines is 2. The van der Waals surface area contributed by atoms with Crippen LogP contribution in [0.1, 0.15) is 37.8 Å². The van der Waals surface area contributed by atoms with E-state index in [0.29, 0.717) is 41.0 Å². The molecule has 6 heteroatoms. The van der Waals surface area contributed by atoms with Crippen molar-refractivity contribution < 1.29 is 19.1 Å². The van der Waals surface area contributed by atoms with E-state index in [9.17, 15) is 9.59 Å². The van der Waals surface area contributed by atoms with Crippen LogP contribution in [0.4, 0.5) is 11.4 Å². The zero-order valence-electron chi connectivity index (χ0n) is 19.8. The normalized spacial score (nSPS) is 13.6. The van der Waals surface area contributed by atoms with Gasteiger partial charge in [-0.2, -0.15) is 0 Å². The molecular formula is C28H28N2O4. The van der Waals surface area contributed by atoms with Crippen molar-refractivity contribution in [3.63, 3.8) is 0 Å². The molecule has 0 atom stereocenters. The van der Waals surface area contributed by atoms with Crippen LogP contribution in [0.3, 0.4) is 0 Å². The van der Waals surface area contributed by atoms with Crippen LogP contribution in [0, 0.1) is 0 Å². The molecule has 2 amide bonds. The molecule has 1 N–H and O–H groups in total. The summed E-state index contributed by atoms with van der Waals surface area (Å²) in [6.45, 7) is 6.63. The molecule has 0 saturated carbocycles. The number of imide groups is 1. The van der Waals surface area contributed by atoms with E-state index < -0.39 is 11.8 Å². The number of nitrogens with zero attached hydrogens (tertiary/aromatic N) is 1. The predicted molar refractivity (Wildman–Crippen MR) is 134 cm³/mol. The van der Waals surface area contributed by atoms with E-state index in [0.717, 1.165) is 5.56 Å². The molecule has 0 aromatic heterocycles. The Hall–Kier alpha value is -4.06. The third-order valence-electron chi connectivity index (χ3n) is 5.69. The third-order valence-corrected chi connectivity index (χ3v) is 5.69. The van der Waals surface area contributed by atoms with E-state index in [1.165, 1.54) is 4.90 Å². The van der Waals surface area contributed by atoms with Crippen molar-refractivity contribution in [1.29, 1.82) is 0 Å². The summed E-state index contributed by atoms with van der Waals surface area (Å²) in [5.41, 5.74) is 3.30. The molecular weight excluding hydrogens is 428 g/mol. The summed E-state index contributed by atoms with van der Waals surface area (Å²) in [4.78, 5) is 28.6. The first-order chi connectivity index (χ1) is 16.4. The summed E-state index contributed by atoms with van der Waals surface area (Å²) < 4.78 is 11.1. The summed E-state index contributed by atoms with van der Waals surface area (Å²) in [5, 5.41) is 3.18. The molecule has 174 valence electrons. The van der Waals surface area contributed by atoms with Crippen molar-refractivity contribution in [1.82, 2.24) is 0 Å². The number of hydrogen-bond donors (Lipinski definition) is 1. The molecule has 4 rings (SSSR count). The number of carbonyl (C=O) groups excluding carboxylic acids is 2. The highest BCUT2D eigenvalue weighted by atomic mass is 16.5. The van der Waals surface area contributed by atoms with Crippen LogP contribution < -0.4 is 19.7 Å². The standard InChI is InChI=1S/C28H28N2O4/c1-5-34-22-10-8-9-20(17-22)29-26-25(23-11-6-7-12-24(23)33-4)27(31)30(28(26)32)21-15-13-19(14-16-21)18(2)3/h6-18,29H,5H2,1-4H3. The van der Waals surface area contributed by atoms with Gasteiger partial charge in [0.15, 0.2) is 0 Å². The smallest absolute Gasteiger partial charge is 0.282 e. The number of methoxy groups -OCH3 is 1. The summed E-state index contributed by atoms with van der Waals surface area (Å²) in [6, 6.07) is 22.0. The van der Waals surface area contributed by atoms with E-state index in [2.05, 4.69) is 19.2 Å². The fourth-order valence-electron chi connectivity index (χ4n) is 3.96. The number of amides is 2. The number of para-hydroxylation sites is 1. The average Bonchev–Trinajstić information content (AvgIpc) is 3.08. The second-order valence-electron chi connectivity index (χ2n) is 8.23. The Morgan fingerprint density at radius 3 is 2.32 bits per heavy atom. The van der Waals surface area contributed by atoms with Crippen LogP contribution in [0.25, 0.3) is 5.57 Å². The van der Waals surface area contributed by atoms with Gasteiger partial charge in [0.1, 0.15) is 17.2 Å². The number of benzene rings is 3. The van der Waals surface area contributed by atoms with E-state index in [-0.39, 0.29) is 11.3 Å². The molecule has 34 heavy (non-hydrogen) atoms. The number of carbonyl (C=O) groups is 2. The first-order valence-corrected chi connectivity index (χ1v) is 11.3. The van der Waals surface area contributed by atoms with Gasteiger partial charge in [-0.05, 0) is 48.7 Å². The highest BCUT2D eigenvalue weighted by molar-refractivity contribution is 6.46. The van der Waals surface area contributed by atoms with Crippen LogP contribution in [0.5, 0.6) is 11.5 Å². The van der Waals surface area contributed by atoms with Crippen LogP contribution in [0.15, 0.2) is 78.5 Å². The molecule has 0 unspecified atom stereocenters. The molecule has 0 bridgehead atoms. The Bertz CT molecular complexity index is 1250. The monoisotopic (exact) mass is 456 g/mol. The third kappa shape index (κ3) is 4.39. The van der Waals surface area contributed by atoms with Crippen LogP contribution in [-0.4, -0.2) is 25.5 Å². The minimum absolute atomic E-state index is 0.191. The summed E-state index contributed by atoms with van der Waals surface area (Å²) >= 11 is 0. The maximum atomic E-state index is 13.7. The number of nitrogens with one attached hydrogen (secondary N) is 1. The number of hydrogen-bond acceptors (Lipinski definition) is 5. The van der Waals surface area contributed by atoms with Gasteiger partial charge in [0.2, 0.25) is 0 Å². The first kappa shape index (κ1) is 23.1. The second kappa shape index (κ2) is 9.83. The average molecular weight is 457 g/mol. The van der Waals surface area contributed by atoms with Gasteiger partial charge in [0, 0.05) is 17.3 Å². The molecule has 0 saturated heterocycles. The maximum absolute atomic E-state index is 13.7. The van der Waals surface area contributed by atoms with Crippen molar-refractivity contribution in [2.24, 2.45) is 0 Å². The number of ether oxygens (including phenoxy) is 2. The van der Waals surface area contributed by atoms with Crippen molar-refractivity contribution >= 4 is 28.8 Å². The highest BCUT2D eigenvalue weighted by Gasteiger charge is 2.41. The summed E-state index contributed by atoms with van der Waals surface area (Å²) in [7, 11) is 1.54. The molecule has 1 aliphatic rings. The van der Waals surface area contributed by atoms with E-state index in [1.807, 2.05) is 61.5 Å². The topological polar surface area (TPSA) is 67.9 Å². The van der Waals surface area contributed by atoms with Crippen LogP contribution in [-0.2, 0) is 9.59 Å². The minimum atomic E-state index is -0.426. The maximum Gasteiger partial charge on any atom is 0.282 e. The van der Waals surface area contributed by atoms with Crippen molar-refractivity contribution in [3.05, 3.63) is 89.6 Å². The van der Waals surface area contributed by atoms with Crippen molar-refractivity contribution in [2.75, 3.05) is 23.9 Å². The molecule has 0 radical (unpaired) electrons. The zero-order valence-corrected chi connectivity index (χ0v) is 19.8. The Morgan fingerprint density at radius 2 is 1.65 bits per heavy atom. The van der Waals surface area contributed by atoms with Crippen LogP contribution in [0.2, 0.25) is 0 Å². The lowest BCUT2D eigenvalue weighted by Gasteiger charge is -2.17. The minimum Gasteiger partial charge on any atom is -0.496 e. The van der Waals surface area contributed by atoms with Gasteiger partial charge in [-0.1, -0.05) is 50.2 Å². The van der Waals surface area contributed by atoms with Crippen molar-refractivity contribution in [3.8, 4) is 11.5 Å². The molecule has 6 nitrogen and oxygen atoms in total. The molecule has 0 fully saturated rings. The lowest BCUT2D eigenvalue weighted by Crippen LogP contribution is -2.32. The first-order valence-electron chi connectivity index (χ1n) is 11.3. The van der Waals surface area contributed by atoms with Gasteiger partial charge >= 0.3 is 0 Å². The lowest BCUT2D eigenvalue weighted by molar-refractivity contribution is -0.120. The Labute approximate surface area is 199 Å².